The van der Waals surface area contributed by atoms with Crippen LogP contribution in [-0.4, -0.2) is 25.7 Å². The molecule has 1 saturated carbocycles. The van der Waals surface area contributed by atoms with E-state index in [0.717, 1.165) is 25.7 Å². The maximum Gasteiger partial charge on any atom is 0.0843 e. The number of aliphatic hydroxyl groups is 1. The molecule has 0 unspecified atom stereocenters. The van der Waals surface area contributed by atoms with Crippen molar-refractivity contribution in [1.82, 2.24) is 15.0 Å². The Balaban J connectivity index is 2.02. The van der Waals surface area contributed by atoms with Gasteiger partial charge in [-0.3, -0.25) is 0 Å². The lowest BCUT2D eigenvalue weighted by molar-refractivity contribution is 0.0260. The van der Waals surface area contributed by atoms with Crippen molar-refractivity contribution < 1.29 is 5.11 Å². The number of aromatic nitrogens is 3. The van der Waals surface area contributed by atoms with Gasteiger partial charge in [0.1, 0.15) is 0 Å². The molecule has 0 saturated heterocycles. The van der Waals surface area contributed by atoms with Gasteiger partial charge in [0.25, 0.3) is 0 Å². The molecular formula is C8H13N3O. The van der Waals surface area contributed by atoms with Crippen LogP contribution in [0, 0.1) is 0 Å². The summed E-state index contributed by atoms with van der Waals surface area (Å²) in [7, 11) is 0. The minimum atomic E-state index is -0.520. The Bertz CT molecular complexity index is 239. The van der Waals surface area contributed by atoms with Gasteiger partial charge in [-0.15, -0.1) is 5.10 Å². The largest absolute Gasteiger partial charge is 0.388 e. The molecular weight excluding hydrogens is 154 g/mol. The molecule has 4 heteroatoms. The Kier molecular flexibility index (Phi) is 1.84. The van der Waals surface area contributed by atoms with Crippen molar-refractivity contribution in [3.05, 3.63) is 12.4 Å². The summed E-state index contributed by atoms with van der Waals surface area (Å²) < 4.78 is 1.70. The number of nitrogens with zero attached hydrogens (tertiary/aromatic N) is 3. The molecule has 2 rings (SSSR count). The van der Waals surface area contributed by atoms with Crippen LogP contribution in [0.1, 0.15) is 25.7 Å². The summed E-state index contributed by atoms with van der Waals surface area (Å²) in [4.78, 5) is 0. The van der Waals surface area contributed by atoms with Crippen LogP contribution < -0.4 is 0 Å². The molecule has 0 amide bonds. The highest BCUT2D eigenvalue weighted by Gasteiger charge is 2.31. The highest BCUT2D eigenvalue weighted by Crippen LogP contribution is 2.30. The third kappa shape index (κ3) is 1.48. The zero-order valence-electron chi connectivity index (χ0n) is 6.98. The van der Waals surface area contributed by atoms with Gasteiger partial charge in [0.2, 0.25) is 0 Å². The van der Waals surface area contributed by atoms with E-state index in [0.29, 0.717) is 6.54 Å². The number of rotatable bonds is 2. The Hall–Kier alpha value is -0.900. The molecule has 4 nitrogen and oxygen atoms in total. The standard InChI is InChI=1S/C8H13N3O/c12-8(3-1-2-4-8)7-11-6-5-9-10-11/h5-6,12H,1-4,7H2. The summed E-state index contributed by atoms with van der Waals surface area (Å²) in [6.45, 7) is 0.590. The summed E-state index contributed by atoms with van der Waals surface area (Å²) in [5.74, 6) is 0. The first-order valence-corrected chi connectivity index (χ1v) is 4.35. The van der Waals surface area contributed by atoms with Crippen LogP contribution in [0.15, 0.2) is 12.4 Å². The minimum absolute atomic E-state index is 0.520. The predicted molar refractivity (Wildman–Crippen MR) is 43.4 cm³/mol. The first-order chi connectivity index (χ1) is 5.79. The monoisotopic (exact) mass is 167 g/mol. The van der Waals surface area contributed by atoms with Crippen molar-refractivity contribution in [2.75, 3.05) is 0 Å². The number of hydrogen-bond acceptors (Lipinski definition) is 3. The fourth-order valence-corrected chi connectivity index (χ4v) is 1.81. The van der Waals surface area contributed by atoms with Crippen molar-refractivity contribution in [3.63, 3.8) is 0 Å². The van der Waals surface area contributed by atoms with Crippen LogP contribution >= 0.6 is 0 Å². The molecule has 0 atom stereocenters. The summed E-state index contributed by atoms with van der Waals surface area (Å²) in [6.07, 6.45) is 7.48. The Morgan fingerprint density at radius 1 is 1.42 bits per heavy atom. The van der Waals surface area contributed by atoms with Crippen molar-refractivity contribution in [3.8, 4) is 0 Å². The van der Waals surface area contributed by atoms with E-state index in [-0.39, 0.29) is 0 Å². The van der Waals surface area contributed by atoms with E-state index in [1.807, 2.05) is 0 Å². The third-order valence-electron chi connectivity index (χ3n) is 2.46. The van der Waals surface area contributed by atoms with E-state index in [9.17, 15) is 5.11 Å². The average molecular weight is 167 g/mol. The van der Waals surface area contributed by atoms with Gasteiger partial charge in [-0.1, -0.05) is 18.1 Å². The zero-order chi connectivity index (χ0) is 8.44. The van der Waals surface area contributed by atoms with Gasteiger partial charge < -0.3 is 5.11 Å². The zero-order valence-corrected chi connectivity index (χ0v) is 6.98. The van der Waals surface area contributed by atoms with Crippen LogP contribution in [0.5, 0.6) is 0 Å². The first-order valence-electron chi connectivity index (χ1n) is 4.35. The lowest BCUT2D eigenvalue weighted by atomic mass is 10.0. The highest BCUT2D eigenvalue weighted by molar-refractivity contribution is 4.84. The van der Waals surface area contributed by atoms with Gasteiger partial charge in [0.05, 0.1) is 18.3 Å². The number of hydrogen-bond donors (Lipinski definition) is 1. The van der Waals surface area contributed by atoms with Crippen LogP contribution in [0.2, 0.25) is 0 Å². The topological polar surface area (TPSA) is 50.9 Å². The Morgan fingerprint density at radius 2 is 2.17 bits per heavy atom. The van der Waals surface area contributed by atoms with E-state index in [4.69, 9.17) is 0 Å². The van der Waals surface area contributed by atoms with E-state index >= 15 is 0 Å². The predicted octanol–water partition coefficient (Wildman–Crippen LogP) is 0.583. The fourth-order valence-electron chi connectivity index (χ4n) is 1.81. The van der Waals surface area contributed by atoms with Crippen LogP contribution in [0.25, 0.3) is 0 Å². The average Bonchev–Trinajstić information content (AvgIpc) is 2.62. The van der Waals surface area contributed by atoms with E-state index < -0.39 is 5.60 Å². The minimum Gasteiger partial charge on any atom is -0.388 e. The van der Waals surface area contributed by atoms with Gasteiger partial charge in [0.15, 0.2) is 0 Å². The summed E-state index contributed by atoms with van der Waals surface area (Å²) in [6, 6.07) is 0. The van der Waals surface area contributed by atoms with Crippen LogP contribution in [0.3, 0.4) is 0 Å². The second kappa shape index (κ2) is 2.86. The van der Waals surface area contributed by atoms with Crippen LogP contribution in [-0.2, 0) is 6.54 Å². The fraction of sp³-hybridized carbons (Fsp3) is 0.750. The summed E-state index contributed by atoms with van der Waals surface area (Å²) >= 11 is 0. The molecule has 0 aromatic carbocycles. The third-order valence-corrected chi connectivity index (χ3v) is 2.46. The summed E-state index contributed by atoms with van der Waals surface area (Å²) in [5, 5.41) is 17.5. The van der Waals surface area contributed by atoms with Crippen molar-refractivity contribution in [2.24, 2.45) is 0 Å². The summed E-state index contributed by atoms with van der Waals surface area (Å²) in [5.41, 5.74) is -0.520. The van der Waals surface area contributed by atoms with E-state index in [1.165, 1.54) is 0 Å². The second-order valence-corrected chi connectivity index (χ2v) is 3.53. The lowest BCUT2D eigenvalue weighted by Crippen LogP contribution is -2.30. The molecule has 1 aromatic heterocycles. The molecule has 1 fully saturated rings. The molecule has 1 aliphatic rings. The van der Waals surface area contributed by atoms with Crippen molar-refractivity contribution >= 4 is 0 Å². The Morgan fingerprint density at radius 3 is 2.75 bits per heavy atom. The molecule has 66 valence electrons. The maximum atomic E-state index is 9.97. The van der Waals surface area contributed by atoms with E-state index in [2.05, 4.69) is 10.3 Å². The molecule has 0 spiro atoms. The van der Waals surface area contributed by atoms with Gasteiger partial charge in [-0.2, -0.15) is 0 Å². The first kappa shape index (κ1) is 7.73. The van der Waals surface area contributed by atoms with Crippen LogP contribution in [0.4, 0.5) is 0 Å². The lowest BCUT2D eigenvalue weighted by Gasteiger charge is -2.20. The molecule has 0 bridgehead atoms. The SMILES string of the molecule is OC1(Cn2ccnn2)CCCC1. The van der Waals surface area contributed by atoms with Gasteiger partial charge in [-0.05, 0) is 12.8 Å². The molecule has 12 heavy (non-hydrogen) atoms. The normalized spacial score (nSPS) is 21.4. The van der Waals surface area contributed by atoms with E-state index in [1.54, 1.807) is 17.1 Å². The van der Waals surface area contributed by atoms with Gasteiger partial charge >= 0.3 is 0 Å². The Labute approximate surface area is 71.2 Å². The molecule has 0 radical (unpaired) electrons. The van der Waals surface area contributed by atoms with Gasteiger partial charge in [-0.25, -0.2) is 4.68 Å². The smallest absolute Gasteiger partial charge is 0.0843 e. The quantitative estimate of drug-likeness (QED) is 0.701. The molecule has 1 heterocycles. The van der Waals surface area contributed by atoms with Gasteiger partial charge in [0, 0.05) is 6.20 Å². The maximum absolute atomic E-state index is 9.97. The molecule has 1 aromatic rings. The second-order valence-electron chi connectivity index (χ2n) is 3.53. The molecule has 1 aliphatic carbocycles. The van der Waals surface area contributed by atoms with Crippen molar-refractivity contribution in [1.29, 1.82) is 0 Å². The molecule has 1 N–H and O–H groups in total. The highest BCUT2D eigenvalue weighted by atomic mass is 16.3. The van der Waals surface area contributed by atoms with Crippen molar-refractivity contribution in [2.45, 2.75) is 37.8 Å². The molecule has 0 aliphatic heterocycles.